The van der Waals surface area contributed by atoms with Crippen molar-refractivity contribution < 1.29 is 9.90 Å². The quantitative estimate of drug-likeness (QED) is 0.829. The molecular weight excluding hydrogens is 226 g/mol. The molecule has 0 atom stereocenters. The van der Waals surface area contributed by atoms with Crippen molar-refractivity contribution >= 4 is 23.3 Å². The Labute approximate surface area is 99.4 Å². The number of carboxylic acids is 1. The molecular formula is C12H14ClNO2. The van der Waals surface area contributed by atoms with Gasteiger partial charge in [-0.15, -0.1) is 0 Å². The number of rotatable bonds is 5. The van der Waals surface area contributed by atoms with Gasteiger partial charge in [0.25, 0.3) is 0 Å². The van der Waals surface area contributed by atoms with E-state index < -0.39 is 5.97 Å². The molecule has 1 aromatic carbocycles. The number of carboxylic acid groups (broad SMARTS) is 1. The molecule has 1 fully saturated rings. The normalized spacial score (nSPS) is 14.8. The van der Waals surface area contributed by atoms with Crippen molar-refractivity contribution in [2.45, 2.75) is 19.3 Å². The number of halogens is 1. The highest BCUT2D eigenvalue weighted by molar-refractivity contribution is 6.33. The summed E-state index contributed by atoms with van der Waals surface area (Å²) in [5.41, 5.74) is 1.03. The molecule has 3 nitrogen and oxygen atoms in total. The zero-order valence-electron chi connectivity index (χ0n) is 8.87. The summed E-state index contributed by atoms with van der Waals surface area (Å²) in [5, 5.41) is 12.3. The summed E-state index contributed by atoms with van der Waals surface area (Å²) in [6.07, 6.45) is 3.87. The molecule has 1 aliphatic carbocycles. The summed E-state index contributed by atoms with van der Waals surface area (Å²) in [6.45, 7) is 0.924. The van der Waals surface area contributed by atoms with E-state index in [1.54, 1.807) is 12.1 Å². The molecule has 0 radical (unpaired) electrons. The van der Waals surface area contributed by atoms with Gasteiger partial charge in [0.1, 0.15) is 0 Å². The van der Waals surface area contributed by atoms with E-state index in [-0.39, 0.29) is 10.6 Å². The second kappa shape index (κ2) is 4.74. The van der Waals surface area contributed by atoms with Crippen molar-refractivity contribution in [1.82, 2.24) is 0 Å². The van der Waals surface area contributed by atoms with Crippen molar-refractivity contribution in [1.29, 1.82) is 0 Å². The van der Waals surface area contributed by atoms with Crippen molar-refractivity contribution in [2.75, 3.05) is 11.9 Å². The zero-order valence-corrected chi connectivity index (χ0v) is 9.63. The summed E-state index contributed by atoms with van der Waals surface area (Å²) < 4.78 is 0. The lowest BCUT2D eigenvalue weighted by molar-refractivity contribution is 0.0697. The highest BCUT2D eigenvalue weighted by atomic mass is 35.5. The van der Waals surface area contributed by atoms with Gasteiger partial charge in [-0.1, -0.05) is 24.4 Å². The molecule has 16 heavy (non-hydrogen) atoms. The maximum absolute atomic E-state index is 10.7. The molecule has 86 valence electrons. The van der Waals surface area contributed by atoms with Crippen LogP contribution in [0.3, 0.4) is 0 Å². The number of hydrogen-bond donors (Lipinski definition) is 2. The van der Waals surface area contributed by atoms with E-state index in [2.05, 4.69) is 5.32 Å². The predicted octanol–water partition coefficient (Wildman–Crippen LogP) is 3.25. The Bertz CT molecular complexity index is 402. The van der Waals surface area contributed by atoms with Gasteiger partial charge in [-0.25, -0.2) is 4.79 Å². The van der Waals surface area contributed by atoms with Crippen LogP contribution >= 0.6 is 11.6 Å². The molecule has 0 heterocycles. The summed E-state index contributed by atoms with van der Waals surface area (Å²) in [5.74, 6) is -0.101. The standard InChI is InChI=1S/C12H14ClNO2/c13-11-7-9(3-4-10(11)12(15)16)14-6-5-8-1-2-8/h3-4,7-8,14H,1-2,5-6H2,(H,15,16). The van der Waals surface area contributed by atoms with Crippen LogP contribution in [0, 0.1) is 5.92 Å². The first-order valence-electron chi connectivity index (χ1n) is 5.43. The first kappa shape index (κ1) is 11.3. The highest BCUT2D eigenvalue weighted by Gasteiger charge is 2.20. The molecule has 0 spiro atoms. The molecule has 1 saturated carbocycles. The van der Waals surface area contributed by atoms with Gasteiger partial charge in [-0.2, -0.15) is 0 Å². The Morgan fingerprint density at radius 3 is 2.81 bits per heavy atom. The van der Waals surface area contributed by atoms with Gasteiger partial charge in [0.2, 0.25) is 0 Å². The van der Waals surface area contributed by atoms with Crippen molar-refractivity contribution in [3.63, 3.8) is 0 Å². The average Bonchev–Trinajstić information content (AvgIpc) is 3.01. The third-order valence-electron chi connectivity index (χ3n) is 2.78. The number of anilines is 1. The van der Waals surface area contributed by atoms with E-state index in [4.69, 9.17) is 16.7 Å². The molecule has 1 aliphatic rings. The average molecular weight is 240 g/mol. The Morgan fingerprint density at radius 1 is 1.50 bits per heavy atom. The van der Waals surface area contributed by atoms with Gasteiger partial charge < -0.3 is 10.4 Å². The molecule has 0 unspecified atom stereocenters. The minimum atomic E-state index is -0.991. The van der Waals surface area contributed by atoms with Crippen LogP contribution in [-0.4, -0.2) is 17.6 Å². The highest BCUT2D eigenvalue weighted by Crippen LogP contribution is 2.32. The van der Waals surface area contributed by atoms with Gasteiger partial charge >= 0.3 is 5.97 Å². The van der Waals surface area contributed by atoms with Gasteiger partial charge in [-0.3, -0.25) is 0 Å². The predicted molar refractivity (Wildman–Crippen MR) is 64.2 cm³/mol. The fraction of sp³-hybridized carbons (Fsp3) is 0.417. The van der Waals surface area contributed by atoms with Crippen LogP contribution in [0.4, 0.5) is 5.69 Å². The summed E-state index contributed by atoms with van der Waals surface area (Å²) in [4.78, 5) is 10.7. The van der Waals surface area contributed by atoms with Gasteiger partial charge in [0.15, 0.2) is 0 Å². The number of carbonyl (C=O) groups is 1. The van der Waals surface area contributed by atoms with Crippen LogP contribution in [0.15, 0.2) is 18.2 Å². The molecule has 1 aromatic rings. The minimum absolute atomic E-state index is 0.148. The molecule has 0 amide bonds. The second-order valence-corrected chi connectivity index (χ2v) is 4.57. The Balaban J connectivity index is 1.93. The lowest BCUT2D eigenvalue weighted by Gasteiger charge is -2.07. The summed E-state index contributed by atoms with van der Waals surface area (Å²) >= 11 is 5.86. The molecule has 0 aliphatic heterocycles. The third kappa shape index (κ3) is 2.89. The van der Waals surface area contributed by atoms with E-state index in [1.165, 1.54) is 25.3 Å². The molecule has 0 aromatic heterocycles. The summed E-state index contributed by atoms with van der Waals surface area (Å²) in [7, 11) is 0. The summed E-state index contributed by atoms with van der Waals surface area (Å²) in [6, 6.07) is 4.95. The Kier molecular flexibility index (Phi) is 3.34. The van der Waals surface area contributed by atoms with Crippen LogP contribution in [0.1, 0.15) is 29.6 Å². The molecule has 4 heteroatoms. The smallest absolute Gasteiger partial charge is 0.337 e. The molecule has 0 saturated heterocycles. The SMILES string of the molecule is O=C(O)c1ccc(NCCC2CC2)cc1Cl. The largest absolute Gasteiger partial charge is 0.478 e. The maximum Gasteiger partial charge on any atom is 0.337 e. The van der Waals surface area contributed by atoms with Crippen LogP contribution in [-0.2, 0) is 0 Å². The fourth-order valence-electron chi connectivity index (χ4n) is 1.63. The molecule has 0 bridgehead atoms. The topological polar surface area (TPSA) is 49.3 Å². The number of hydrogen-bond acceptors (Lipinski definition) is 2. The van der Waals surface area contributed by atoms with Crippen LogP contribution < -0.4 is 5.32 Å². The number of benzene rings is 1. The lowest BCUT2D eigenvalue weighted by atomic mass is 10.2. The van der Waals surface area contributed by atoms with Crippen LogP contribution in [0.25, 0.3) is 0 Å². The van der Waals surface area contributed by atoms with Crippen molar-refractivity contribution in [2.24, 2.45) is 5.92 Å². The zero-order chi connectivity index (χ0) is 11.5. The van der Waals surface area contributed by atoms with E-state index in [0.29, 0.717) is 0 Å². The minimum Gasteiger partial charge on any atom is -0.478 e. The molecule has 2 rings (SSSR count). The van der Waals surface area contributed by atoms with Crippen molar-refractivity contribution in [3.8, 4) is 0 Å². The first-order valence-corrected chi connectivity index (χ1v) is 5.81. The Hall–Kier alpha value is -1.22. The molecule has 2 N–H and O–H groups in total. The van der Waals surface area contributed by atoms with E-state index in [9.17, 15) is 4.79 Å². The van der Waals surface area contributed by atoms with Crippen LogP contribution in [0.2, 0.25) is 5.02 Å². The van der Waals surface area contributed by atoms with Gasteiger partial charge in [0, 0.05) is 12.2 Å². The lowest BCUT2D eigenvalue weighted by Crippen LogP contribution is -2.03. The van der Waals surface area contributed by atoms with Gasteiger partial charge in [-0.05, 0) is 30.5 Å². The number of aromatic carboxylic acids is 1. The van der Waals surface area contributed by atoms with Crippen LogP contribution in [0.5, 0.6) is 0 Å². The van der Waals surface area contributed by atoms with E-state index in [0.717, 1.165) is 18.2 Å². The number of nitrogens with one attached hydrogen (secondary N) is 1. The van der Waals surface area contributed by atoms with E-state index in [1.807, 2.05) is 0 Å². The van der Waals surface area contributed by atoms with Gasteiger partial charge in [0.05, 0.1) is 10.6 Å². The van der Waals surface area contributed by atoms with E-state index >= 15 is 0 Å². The van der Waals surface area contributed by atoms with Crippen molar-refractivity contribution in [3.05, 3.63) is 28.8 Å². The maximum atomic E-state index is 10.7. The fourth-order valence-corrected chi connectivity index (χ4v) is 1.89. The third-order valence-corrected chi connectivity index (χ3v) is 3.09. The second-order valence-electron chi connectivity index (χ2n) is 4.16. The Morgan fingerprint density at radius 2 is 2.25 bits per heavy atom. The monoisotopic (exact) mass is 239 g/mol. The first-order chi connectivity index (χ1) is 7.66.